The molecule has 4 aliphatic rings. The summed E-state index contributed by atoms with van der Waals surface area (Å²) in [5.41, 5.74) is 4.46. The second kappa shape index (κ2) is 6.54. The first kappa shape index (κ1) is 18.9. The number of hydrogen-bond donors (Lipinski definition) is 0. The van der Waals surface area contributed by atoms with E-state index >= 15 is 0 Å². The van der Waals surface area contributed by atoms with E-state index in [4.69, 9.17) is 9.16 Å². The van der Waals surface area contributed by atoms with Crippen LogP contribution in [0.3, 0.4) is 0 Å². The minimum absolute atomic E-state index is 0.195. The summed E-state index contributed by atoms with van der Waals surface area (Å²) in [6.45, 7) is 11.5. The summed E-state index contributed by atoms with van der Waals surface area (Å²) in [6.07, 6.45) is 7.67. The Labute approximate surface area is 165 Å². The van der Waals surface area contributed by atoms with E-state index in [0.717, 1.165) is 17.4 Å². The Kier molecular flexibility index (Phi) is 4.57. The zero-order valence-electron chi connectivity index (χ0n) is 17.8. The van der Waals surface area contributed by atoms with Gasteiger partial charge < -0.3 is 9.16 Å². The van der Waals surface area contributed by atoms with Crippen LogP contribution in [0.25, 0.3) is 5.76 Å². The van der Waals surface area contributed by atoms with Gasteiger partial charge in [0.2, 0.25) is 8.32 Å². The third kappa shape index (κ3) is 3.39. The Bertz CT molecular complexity index is 777. The zero-order valence-corrected chi connectivity index (χ0v) is 18.8. The van der Waals surface area contributed by atoms with Crippen LogP contribution in [-0.4, -0.2) is 15.4 Å². The molecule has 0 saturated heterocycles. The molecule has 0 spiro atoms. The molecule has 2 nitrogen and oxygen atoms in total. The average molecular weight is 383 g/mol. The van der Waals surface area contributed by atoms with Gasteiger partial charge in [-0.3, -0.25) is 0 Å². The number of methoxy groups -OCH3 is 1. The van der Waals surface area contributed by atoms with Gasteiger partial charge in [-0.2, -0.15) is 0 Å². The Morgan fingerprint density at radius 1 is 1.07 bits per heavy atom. The van der Waals surface area contributed by atoms with Crippen molar-refractivity contribution in [1.29, 1.82) is 0 Å². The fourth-order valence-electron chi connectivity index (χ4n) is 5.04. The summed E-state index contributed by atoms with van der Waals surface area (Å²) in [6, 6.07) is 8.62. The molecule has 2 atom stereocenters. The second-order valence-corrected chi connectivity index (χ2v) is 15.0. The van der Waals surface area contributed by atoms with E-state index in [-0.39, 0.29) is 5.04 Å². The Morgan fingerprint density at radius 3 is 2.30 bits per heavy atom. The van der Waals surface area contributed by atoms with E-state index in [9.17, 15) is 0 Å². The normalized spacial score (nSPS) is 26.8. The maximum atomic E-state index is 6.56. The second-order valence-electron chi connectivity index (χ2n) is 10.2. The van der Waals surface area contributed by atoms with E-state index in [0.29, 0.717) is 11.8 Å². The predicted molar refractivity (Wildman–Crippen MR) is 115 cm³/mol. The lowest BCUT2D eigenvalue weighted by Crippen LogP contribution is -2.43. The molecule has 0 heterocycles. The van der Waals surface area contributed by atoms with Gasteiger partial charge in [0.05, 0.1) is 7.11 Å². The highest BCUT2D eigenvalue weighted by Crippen LogP contribution is 2.55. The predicted octanol–water partition coefficient (Wildman–Crippen LogP) is 6.80. The molecule has 0 amide bonds. The number of rotatable bonds is 4. The van der Waals surface area contributed by atoms with E-state index < -0.39 is 8.32 Å². The number of benzene rings is 1. The lowest BCUT2D eigenvalue weighted by atomic mass is 9.58. The van der Waals surface area contributed by atoms with Crippen LogP contribution in [0.2, 0.25) is 18.1 Å². The highest BCUT2D eigenvalue weighted by Gasteiger charge is 2.43. The summed E-state index contributed by atoms with van der Waals surface area (Å²) in [5.74, 6) is 4.28. The molecule has 0 radical (unpaired) electrons. The summed E-state index contributed by atoms with van der Waals surface area (Å²) in [5, 5.41) is 0.195. The summed E-state index contributed by atoms with van der Waals surface area (Å²) in [7, 11) is -0.00224. The van der Waals surface area contributed by atoms with Crippen molar-refractivity contribution in [3.63, 3.8) is 0 Å². The first-order valence-electron chi connectivity index (χ1n) is 10.4. The summed E-state index contributed by atoms with van der Waals surface area (Å²) < 4.78 is 12.6. The first-order valence-corrected chi connectivity index (χ1v) is 13.4. The minimum Gasteiger partial charge on any atom is -0.543 e. The van der Waals surface area contributed by atoms with Gasteiger partial charge in [-0.1, -0.05) is 44.6 Å². The van der Waals surface area contributed by atoms with E-state index in [2.05, 4.69) is 64.2 Å². The lowest BCUT2D eigenvalue weighted by Gasteiger charge is -2.47. The topological polar surface area (TPSA) is 18.5 Å². The van der Waals surface area contributed by atoms with Crippen molar-refractivity contribution in [3.05, 3.63) is 47.1 Å². The largest absolute Gasteiger partial charge is 0.543 e. The molecule has 1 aromatic carbocycles. The van der Waals surface area contributed by atoms with E-state index in [1.165, 1.54) is 31.2 Å². The fourth-order valence-corrected chi connectivity index (χ4v) is 6.07. The third-order valence-electron chi connectivity index (χ3n) is 7.28. The molecule has 3 heteroatoms. The monoisotopic (exact) mass is 382 g/mol. The number of hydrogen-bond acceptors (Lipinski definition) is 2. The van der Waals surface area contributed by atoms with Crippen LogP contribution in [-0.2, 0) is 4.74 Å². The number of allylic oxidation sites excluding steroid dienone is 3. The highest BCUT2D eigenvalue weighted by molar-refractivity contribution is 6.74. The van der Waals surface area contributed by atoms with Crippen LogP contribution < -0.4 is 4.43 Å². The average Bonchev–Trinajstić information content (AvgIpc) is 2.56. The van der Waals surface area contributed by atoms with Crippen molar-refractivity contribution in [2.24, 2.45) is 17.8 Å². The van der Waals surface area contributed by atoms with Gasteiger partial charge in [0.25, 0.3) is 0 Å². The molecule has 27 heavy (non-hydrogen) atoms. The molecule has 2 fully saturated rings. The van der Waals surface area contributed by atoms with Gasteiger partial charge in [0.1, 0.15) is 11.5 Å². The molecule has 0 aliphatic heterocycles. The third-order valence-corrected chi connectivity index (χ3v) is 11.6. The Morgan fingerprint density at radius 2 is 1.74 bits per heavy atom. The van der Waals surface area contributed by atoms with Gasteiger partial charge >= 0.3 is 0 Å². The van der Waals surface area contributed by atoms with Crippen LogP contribution in [0.5, 0.6) is 5.75 Å². The van der Waals surface area contributed by atoms with Gasteiger partial charge in [-0.05, 0) is 79.3 Å². The van der Waals surface area contributed by atoms with Gasteiger partial charge in [-0.25, -0.2) is 0 Å². The van der Waals surface area contributed by atoms with Gasteiger partial charge in [-0.15, -0.1) is 0 Å². The Hall–Kier alpha value is -1.48. The molecule has 2 saturated carbocycles. The molecular formula is C24H34O2Si. The summed E-state index contributed by atoms with van der Waals surface area (Å²) >= 11 is 0. The van der Waals surface area contributed by atoms with Gasteiger partial charge in [0, 0.05) is 5.56 Å². The minimum atomic E-state index is -1.84. The molecule has 2 unspecified atom stereocenters. The maximum Gasteiger partial charge on any atom is 0.250 e. The SMILES string of the molecule is COC(=C1C2CC3=CC(C2)CC1C3)c1cccc(O[Si](C)(C)C(C)(C)C)c1. The number of ether oxygens (including phenoxy) is 1. The van der Waals surface area contributed by atoms with Gasteiger partial charge in [0.15, 0.2) is 0 Å². The molecular weight excluding hydrogens is 348 g/mol. The fraction of sp³-hybridized carbons (Fsp3) is 0.583. The lowest BCUT2D eigenvalue weighted by molar-refractivity contribution is 0.234. The van der Waals surface area contributed by atoms with Crippen molar-refractivity contribution in [3.8, 4) is 5.75 Å². The summed E-state index contributed by atoms with van der Waals surface area (Å²) in [4.78, 5) is 0. The van der Waals surface area contributed by atoms with Crippen LogP contribution >= 0.6 is 0 Å². The maximum absolute atomic E-state index is 6.56. The molecule has 4 bridgehead atoms. The van der Waals surface area contributed by atoms with Crippen molar-refractivity contribution in [1.82, 2.24) is 0 Å². The van der Waals surface area contributed by atoms with Crippen LogP contribution in [0.4, 0.5) is 0 Å². The molecule has 0 N–H and O–H groups in total. The van der Waals surface area contributed by atoms with Crippen LogP contribution in [0, 0.1) is 17.8 Å². The molecule has 4 aliphatic carbocycles. The first-order chi connectivity index (χ1) is 12.7. The molecule has 5 rings (SSSR count). The quantitative estimate of drug-likeness (QED) is 0.324. The standard InChI is InChI=1S/C24H34O2Si/c1-24(2,3)27(5,6)26-21-9-7-8-18(15-21)23(25-4)22-19-11-16-10-17(13-19)14-20(22)12-16/h7-10,15-16,19-20H,11-14H2,1-6H3. The van der Waals surface area contributed by atoms with Crippen molar-refractivity contribution < 1.29 is 9.16 Å². The molecule has 146 valence electrons. The smallest absolute Gasteiger partial charge is 0.250 e. The van der Waals surface area contributed by atoms with Crippen molar-refractivity contribution in [2.45, 2.75) is 64.6 Å². The molecule has 0 aromatic heterocycles. The molecule has 1 aromatic rings. The van der Waals surface area contributed by atoms with Crippen LogP contribution in [0.1, 0.15) is 52.0 Å². The van der Waals surface area contributed by atoms with Crippen molar-refractivity contribution >= 4 is 14.1 Å². The highest BCUT2D eigenvalue weighted by atomic mass is 28.4. The van der Waals surface area contributed by atoms with E-state index in [1.54, 1.807) is 11.1 Å². The van der Waals surface area contributed by atoms with E-state index in [1.807, 2.05) is 7.11 Å². The Balaban J connectivity index is 1.68. The van der Waals surface area contributed by atoms with Crippen LogP contribution in [0.15, 0.2) is 41.5 Å². The van der Waals surface area contributed by atoms with Crippen molar-refractivity contribution in [2.75, 3.05) is 7.11 Å². The zero-order chi connectivity index (χ0) is 19.4.